The Morgan fingerprint density at radius 2 is 1.94 bits per heavy atom. The van der Waals surface area contributed by atoms with Gasteiger partial charge in [0.1, 0.15) is 6.17 Å². The van der Waals surface area contributed by atoms with Gasteiger partial charge in [0, 0.05) is 25.1 Å². The minimum atomic E-state index is -1.64. The van der Waals surface area contributed by atoms with E-state index in [9.17, 15) is 14.3 Å². The van der Waals surface area contributed by atoms with Gasteiger partial charge >= 0.3 is 0 Å². The van der Waals surface area contributed by atoms with Gasteiger partial charge in [-0.05, 0) is 25.8 Å². The van der Waals surface area contributed by atoms with Gasteiger partial charge in [0.2, 0.25) is 0 Å². The molecule has 36 heavy (non-hydrogen) atoms. The second kappa shape index (κ2) is 10.2. The third-order valence-electron chi connectivity index (χ3n) is 5.42. The van der Waals surface area contributed by atoms with E-state index >= 15 is 0 Å². The number of nitrogens with zero attached hydrogens (tertiary/aromatic N) is 6. The van der Waals surface area contributed by atoms with Crippen LogP contribution in [-0.4, -0.2) is 58.7 Å². The fourth-order valence-electron chi connectivity index (χ4n) is 3.50. The molecular weight excluding hydrogens is 487 g/mol. The number of halogens is 2. The van der Waals surface area contributed by atoms with Crippen LogP contribution in [0, 0.1) is 5.92 Å². The summed E-state index contributed by atoms with van der Waals surface area (Å²) in [5, 5.41) is 24.7. The minimum Gasteiger partial charge on any atom is -0.387 e. The molecule has 0 aliphatic carbocycles. The summed E-state index contributed by atoms with van der Waals surface area (Å²) < 4.78 is 17.6. The number of carbonyl (C=O) groups excluding carboxylic acids is 1. The molecule has 1 atom stereocenters. The van der Waals surface area contributed by atoms with Gasteiger partial charge in [-0.2, -0.15) is 10.2 Å². The molecular formula is C24H28ClFN8O2. The fourth-order valence-corrected chi connectivity index (χ4v) is 3.65. The molecule has 0 radical (unpaired) electrons. The number of aliphatic hydroxyl groups is 1. The van der Waals surface area contributed by atoms with Crippen LogP contribution < -0.4 is 10.6 Å². The molecule has 0 aromatic carbocycles. The molecule has 4 aromatic rings. The second-order valence-corrected chi connectivity index (χ2v) is 9.95. The Labute approximate surface area is 212 Å². The lowest BCUT2D eigenvalue weighted by molar-refractivity contribution is -0.00177. The van der Waals surface area contributed by atoms with Gasteiger partial charge in [0.25, 0.3) is 5.91 Å². The highest BCUT2D eigenvalue weighted by Gasteiger charge is 2.27. The SMILES string of the molecule is CC(C)Cn1cc(Nc2cc(-c3cnn4cc(Cl)cnc34)ncc2C(=O)NC[C@@H](F)C(C)(C)O)cn1. The number of nitrogens with one attached hydrogen (secondary N) is 2. The first-order valence-corrected chi connectivity index (χ1v) is 11.8. The maximum Gasteiger partial charge on any atom is 0.255 e. The number of alkyl halides is 1. The predicted octanol–water partition coefficient (Wildman–Crippen LogP) is 3.88. The topological polar surface area (TPSA) is 122 Å². The van der Waals surface area contributed by atoms with E-state index in [0.717, 1.165) is 6.54 Å². The van der Waals surface area contributed by atoms with Gasteiger partial charge in [-0.25, -0.2) is 13.9 Å². The molecule has 4 rings (SSSR count). The van der Waals surface area contributed by atoms with E-state index in [1.165, 1.54) is 26.2 Å². The first-order chi connectivity index (χ1) is 17.0. The van der Waals surface area contributed by atoms with Crippen LogP contribution in [0.3, 0.4) is 0 Å². The summed E-state index contributed by atoms with van der Waals surface area (Å²) in [7, 11) is 0. The van der Waals surface area contributed by atoms with Crippen LogP contribution in [0.5, 0.6) is 0 Å². The van der Waals surface area contributed by atoms with Crippen molar-refractivity contribution in [2.75, 3.05) is 11.9 Å². The number of fused-ring (bicyclic) bond motifs is 1. The van der Waals surface area contributed by atoms with Gasteiger partial charge in [-0.3, -0.25) is 14.5 Å². The number of rotatable bonds is 9. The summed E-state index contributed by atoms with van der Waals surface area (Å²) >= 11 is 6.01. The number of pyridine rings is 1. The van der Waals surface area contributed by atoms with Crippen LogP contribution in [0.15, 0.2) is 43.2 Å². The highest BCUT2D eigenvalue weighted by Crippen LogP contribution is 2.28. The lowest BCUT2D eigenvalue weighted by Crippen LogP contribution is -2.42. The minimum absolute atomic E-state index is 0.200. The van der Waals surface area contributed by atoms with Gasteiger partial charge in [0.05, 0.1) is 64.0 Å². The van der Waals surface area contributed by atoms with Crippen molar-refractivity contribution in [1.29, 1.82) is 0 Å². The van der Waals surface area contributed by atoms with E-state index < -0.39 is 17.7 Å². The molecule has 4 aromatic heterocycles. The van der Waals surface area contributed by atoms with Crippen LogP contribution in [0.4, 0.5) is 15.8 Å². The zero-order chi connectivity index (χ0) is 26.0. The van der Waals surface area contributed by atoms with E-state index in [2.05, 4.69) is 44.6 Å². The van der Waals surface area contributed by atoms with Crippen LogP contribution in [-0.2, 0) is 6.54 Å². The number of amides is 1. The van der Waals surface area contributed by atoms with Gasteiger partial charge in [-0.15, -0.1) is 0 Å². The molecule has 1 amide bonds. The Morgan fingerprint density at radius 1 is 1.17 bits per heavy atom. The molecule has 0 saturated carbocycles. The van der Waals surface area contributed by atoms with Crippen molar-refractivity contribution in [3.8, 4) is 11.3 Å². The maximum absolute atomic E-state index is 14.2. The van der Waals surface area contributed by atoms with Crippen LogP contribution in [0.2, 0.25) is 5.02 Å². The zero-order valence-electron chi connectivity index (χ0n) is 20.4. The molecule has 0 aliphatic rings. The maximum atomic E-state index is 14.2. The molecule has 3 N–H and O–H groups in total. The van der Waals surface area contributed by atoms with Crippen molar-refractivity contribution in [1.82, 2.24) is 34.7 Å². The van der Waals surface area contributed by atoms with Crippen LogP contribution in [0.25, 0.3) is 16.9 Å². The first-order valence-electron chi connectivity index (χ1n) is 11.4. The number of hydrogen-bond donors (Lipinski definition) is 3. The van der Waals surface area contributed by atoms with Crippen molar-refractivity contribution in [3.63, 3.8) is 0 Å². The van der Waals surface area contributed by atoms with Crippen LogP contribution in [0.1, 0.15) is 38.1 Å². The van der Waals surface area contributed by atoms with Gasteiger partial charge in [0.15, 0.2) is 5.65 Å². The molecule has 12 heteroatoms. The number of anilines is 2. The molecule has 0 bridgehead atoms. The molecule has 190 valence electrons. The summed E-state index contributed by atoms with van der Waals surface area (Å²) in [4.78, 5) is 21.8. The summed E-state index contributed by atoms with van der Waals surface area (Å²) in [5.41, 5.74) is 1.44. The molecule has 0 saturated heterocycles. The van der Waals surface area contributed by atoms with Crippen molar-refractivity contribution in [2.24, 2.45) is 5.92 Å². The Balaban J connectivity index is 1.68. The number of carbonyl (C=O) groups is 1. The normalized spacial score (nSPS) is 12.8. The summed E-state index contributed by atoms with van der Waals surface area (Å²) in [5.74, 6) is -0.129. The van der Waals surface area contributed by atoms with Crippen molar-refractivity contribution >= 4 is 34.5 Å². The molecule has 4 heterocycles. The lowest BCUT2D eigenvalue weighted by atomic mass is 10.0. The lowest BCUT2D eigenvalue weighted by Gasteiger charge is -2.22. The third-order valence-corrected chi connectivity index (χ3v) is 5.62. The first kappa shape index (κ1) is 25.5. The van der Waals surface area contributed by atoms with E-state index in [1.54, 1.807) is 29.2 Å². The van der Waals surface area contributed by atoms with E-state index in [4.69, 9.17) is 11.6 Å². The highest BCUT2D eigenvalue weighted by molar-refractivity contribution is 6.30. The van der Waals surface area contributed by atoms with E-state index in [1.807, 2.05) is 10.9 Å². The standard InChI is InChI=1S/C24H28ClFN8O2/c1-14(2)11-33-13-16(7-30-33)32-20-5-19(17-9-31-34-12-15(25)6-28-22(17)34)27-8-18(20)23(35)29-10-21(26)24(3,4)36/h5-9,12-14,21,36H,10-11H2,1-4H3,(H,27,32)(H,29,35)/t21-/m1/s1. The summed E-state index contributed by atoms with van der Waals surface area (Å²) in [6.07, 6.45) is 8.03. The highest BCUT2D eigenvalue weighted by atomic mass is 35.5. The molecule has 10 nitrogen and oxygen atoms in total. The molecule has 0 fully saturated rings. The molecule has 0 unspecified atom stereocenters. The number of aromatic nitrogens is 6. The summed E-state index contributed by atoms with van der Waals surface area (Å²) in [6.45, 7) is 7.26. The van der Waals surface area contributed by atoms with Gasteiger partial charge < -0.3 is 15.7 Å². The summed E-state index contributed by atoms with van der Waals surface area (Å²) in [6, 6.07) is 1.70. The monoisotopic (exact) mass is 514 g/mol. The Morgan fingerprint density at radius 3 is 2.67 bits per heavy atom. The van der Waals surface area contributed by atoms with Crippen molar-refractivity contribution in [2.45, 2.75) is 46.0 Å². The van der Waals surface area contributed by atoms with Gasteiger partial charge in [-0.1, -0.05) is 25.4 Å². The van der Waals surface area contributed by atoms with E-state index in [-0.39, 0.29) is 12.1 Å². The Bertz CT molecular complexity index is 1380. The predicted molar refractivity (Wildman–Crippen MR) is 135 cm³/mol. The molecule has 0 spiro atoms. The Kier molecular flexibility index (Phi) is 7.23. The average molecular weight is 515 g/mol. The number of hydrogen-bond acceptors (Lipinski definition) is 7. The Hall–Kier alpha value is -3.57. The smallest absolute Gasteiger partial charge is 0.255 e. The molecule has 0 aliphatic heterocycles. The second-order valence-electron chi connectivity index (χ2n) is 9.51. The quantitative estimate of drug-likeness (QED) is 0.310. The van der Waals surface area contributed by atoms with E-state index in [0.29, 0.717) is 39.2 Å². The largest absolute Gasteiger partial charge is 0.387 e. The van der Waals surface area contributed by atoms with Crippen molar-refractivity contribution < 1.29 is 14.3 Å². The van der Waals surface area contributed by atoms with Crippen molar-refractivity contribution in [3.05, 3.63) is 53.8 Å². The third kappa shape index (κ3) is 5.80. The average Bonchev–Trinajstić information content (AvgIpc) is 3.42. The fraction of sp³-hybridized carbons (Fsp3) is 0.375. The van der Waals surface area contributed by atoms with Crippen LogP contribution >= 0.6 is 11.6 Å². The zero-order valence-corrected chi connectivity index (χ0v) is 21.2.